The number of aliphatic hydroxyl groups is 1. The summed E-state index contributed by atoms with van der Waals surface area (Å²) in [6.45, 7) is 0.597. The second-order valence-electron chi connectivity index (χ2n) is 6.66. The second-order valence-corrected chi connectivity index (χ2v) is 6.66. The van der Waals surface area contributed by atoms with Crippen molar-refractivity contribution in [1.29, 1.82) is 0 Å². The topological polar surface area (TPSA) is 77.5 Å². The minimum absolute atomic E-state index is 0.101. The maximum atomic E-state index is 12.7. The SMILES string of the molecule is O=C1N(C2CCCCC2)C[C@@H]2[C@H](c3cccnc3)NN[C@@]12O. The van der Waals surface area contributed by atoms with Crippen LogP contribution in [0.3, 0.4) is 0 Å². The van der Waals surface area contributed by atoms with E-state index in [2.05, 4.69) is 15.8 Å². The highest BCUT2D eigenvalue weighted by Gasteiger charge is 2.61. The molecule has 6 heteroatoms. The number of nitrogens with zero attached hydrogens (tertiary/aromatic N) is 2. The first-order chi connectivity index (χ1) is 10.7. The van der Waals surface area contributed by atoms with Gasteiger partial charge in [0.05, 0.1) is 12.0 Å². The van der Waals surface area contributed by atoms with Crippen molar-refractivity contribution in [3.05, 3.63) is 30.1 Å². The Labute approximate surface area is 129 Å². The molecule has 1 amide bonds. The van der Waals surface area contributed by atoms with Crippen molar-refractivity contribution in [2.45, 2.75) is 49.9 Å². The third-order valence-electron chi connectivity index (χ3n) is 5.40. The number of hydrogen-bond acceptors (Lipinski definition) is 5. The lowest BCUT2D eigenvalue weighted by molar-refractivity contribution is -0.149. The van der Waals surface area contributed by atoms with Crippen LogP contribution in [0.15, 0.2) is 24.5 Å². The van der Waals surface area contributed by atoms with Crippen molar-refractivity contribution in [1.82, 2.24) is 20.7 Å². The number of carbonyl (C=O) groups is 1. The number of nitrogens with one attached hydrogen (secondary N) is 2. The molecular formula is C16H22N4O2. The lowest BCUT2D eigenvalue weighted by Gasteiger charge is -2.32. The molecule has 6 nitrogen and oxygen atoms in total. The highest BCUT2D eigenvalue weighted by molar-refractivity contribution is 5.88. The molecule has 0 aromatic carbocycles. The number of pyridine rings is 1. The third-order valence-corrected chi connectivity index (χ3v) is 5.40. The van der Waals surface area contributed by atoms with Gasteiger partial charge < -0.3 is 10.0 Å². The molecule has 3 N–H and O–H groups in total. The first-order valence-electron chi connectivity index (χ1n) is 8.16. The Kier molecular flexibility index (Phi) is 3.40. The number of hydrogen-bond donors (Lipinski definition) is 3. The zero-order valence-electron chi connectivity index (χ0n) is 12.5. The van der Waals surface area contributed by atoms with Crippen molar-refractivity contribution in [3.63, 3.8) is 0 Å². The number of aromatic nitrogens is 1. The monoisotopic (exact) mass is 302 g/mol. The van der Waals surface area contributed by atoms with E-state index in [-0.39, 0.29) is 23.9 Å². The van der Waals surface area contributed by atoms with E-state index in [1.807, 2.05) is 17.0 Å². The van der Waals surface area contributed by atoms with E-state index in [9.17, 15) is 9.90 Å². The summed E-state index contributed by atoms with van der Waals surface area (Å²) in [4.78, 5) is 18.8. The van der Waals surface area contributed by atoms with Gasteiger partial charge in [-0.05, 0) is 24.5 Å². The Bertz CT molecular complexity index is 561. The molecular weight excluding hydrogens is 280 g/mol. The van der Waals surface area contributed by atoms with Crippen molar-refractivity contribution in [2.24, 2.45) is 5.92 Å². The zero-order chi connectivity index (χ0) is 15.2. The molecule has 1 aromatic rings. The summed E-state index contributed by atoms with van der Waals surface area (Å²) in [6.07, 6.45) is 9.24. The van der Waals surface area contributed by atoms with E-state index in [4.69, 9.17) is 0 Å². The molecule has 1 aromatic heterocycles. The van der Waals surface area contributed by atoms with Crippen LogP contribution in [0.4, 0.5) is 0 Å². The molecule has 0 unspecified atom stereocenters. The second kappa shape index (κ2) is 5.30. The molecule has 1 saturated carbocycles. The summed E-state index contributed by atoms with van der Waals surface area (Å²) in [5, 5.41) is 10.8. The summed E-state index contributed by atoms with van der Waals surface area (Å²) in [5.41, 5.74) is 5.44. The van der Waals surface area contributed by atoms with Gasteiger partial charge in [-0.3, -0.25) is 9.78 Å². The molecule has 0 spiro atoms. The number of carbonyl (C=O) groups excluding carboxylic acids is 1. The highest BCUT2D eigenvalue weighted by Crippen LogP contribution is 2.42. The normalized spacial score (nSPS) is 35.9. The molecule has 3 aliphatic rings. The number of hydrazine groups is 1. The Morgan fingerprint density at radius 3 is 2.86 bits per heavy atom. The van der Waals surface area contributed by atoms with Crippen LogP contribution in [-0.2, 0) is 4.79 Å². The van der Waals surface area contributed by atoms with Crippen molar-refractivity contribution in [2.75, 3.05) is 6.54 Å². The average Bonchev–Trinajstić information content (AvgIpc) is 3.03. The van der Waals surface area contributed by atoms with E-state index in [1.165, 1.54) is 19.3 Å². The molecule has 0 radical (unpaired) electrons. The van der Waals surface area contributed by atoms with Crippen LogP contribution in [-0.4, -0.2) is 39.2 Å². The van der Waals surface area contributed by atoms with Gasteiger partial charge in [-0.15, -0.1) is 0 Å². The lowest BCUT2D eigenvalue weighted by atomic mass is 9.90. The minimum Gasteiger partial charge on any atom is -0.366 e. The predicted octanol–water partition coefficient (Wildman–Crippen LogP) is 0.710. The molecule has 22 heavy (non-hydrogen) atoms. The van der Waals surface area contributed by atoms with Crippen LogP contribution >= 0.6 is 0 Å². The van der Waals surface area contributed by atoms with Gasteiger partial charge in [0.25, 0.3) is 5.91 Å². The predicted molar refractivity (Wildman–Crippen MR) is 80.3 cm³/mol. The smallest absolute Gasteiger partial charge is 0.271 e. The fraction of sp³-hybridized carbons (Fsp3) is 0.625. The number of amides is 1. The van der Waals surface area contributed by atoms with Crippen LogP contribution < -0.4 is 10.9 Å². The quantitative estimate of drug-likeness (QED) is 0.750. The number of rotatable bonds is 2. The van der Waals surface area contributed by atoms with E-state index < -0.39 is 5.72 Å². The van der Waals surface area contributed by atoms with Gasteiger partial charge in [0.1, 0.15) is 0 Å². The number of fused-ring (bicyclic) bond motifs is 1. The fourth-order valence-corrected chi connectivity index (χ4v) is 4.17. The molecule has 1 aliphatic carbocycles. The van der Waals surface area contributed by atoms with Crippen LogP contribution in [0.2, 0.25) is 0 Å². The standard InChI is InChI=1S/C16H22N4O2/c21-15-16(22)13(10-20(15)12-6-2-1-3-7-12)14(18-19-16)11-5-4-8-17-9-11/h4-5,8-9,12-14,18-19,22H,1-3,6-7,10H2/t13-,14+,16+/m1/s1. The summed E-state index contributed by atoms with van der Waals surface area (Å²) in [6, 6.07) is 4.04. The third kappa shape index (κ3) is 2.06. The summed E-state index contributed by atoms with van der Waals surface area (Å²) in [7, 11) is 0. The zero-order valence-corrected chi connectivity index (χ0v) is 12.5. The van der Waals surface area contributed by atoms with Crippen LogP contribution in [0.5, 0.6) is 0 Å². The van der Waals surface area contributed by atoms with Gasteiger partial charge in [-0.2, -0.15) is 0 Å². The highest BCUT2D eigenvalue weighted by atomic mass is 16.3. The van der Waals surface area contributed by atoms with Crippen molar-refractivity contribution >= 4 is 5.91 Å². The molecule has 0 bridgehead atoms. The Morgan fingerprint density at radius 2 is 2.14 bits per heavy atom. The Balaban J connectivity index is 1.59. The molecule has 2 saturated heterocycles. The van der Waals surface area contributed by atoms with E-state index in [0.717, 1.165) is 18.4 Å². The number of likely N-dealkylation sites (tertiary alicyclic amines) is 1. The lowest BCUT2D eigenvalue weighted by Crippen LogP contribution is -2.54. The summed E-state index contributed by atoms with van der Waals surface area (Å²) >= 11 is 0. The first-order valence-corrected chi connectivity index (χ1v) is 8.16. The van der Waals surface area contributed by atoms with Crippen molar-refractivity contribution in [3.8, 4) is 0 Å². The van der Waals surface area contributed by atoms with Crippen molar-refractivity contribution < 1.29 is 9.90 Å². The minimum atomic E-state index is -1.49. The molecule has 3 heterocycles. The molecule has 3 atom stereocenters. The Hall–Kier alpha value is -1.50. The summed E-state index contributed by atoms with van der Waals surface area (Å²) in [5.74, 6) is -0.366. The van der Waals surface area contributed by atoms with E-state index in [1.54, 1.807) is 12.4 Å². The maximum Gasteiger partial charge on any atom is 0.271 e. The Morgan fingerprint density at radius 1 is 1.32 bits per heavy atom. The van der Waals surface area contributed by atoms with E-state index in [0.29, 0.717) is 6.54 Å². The van der Waals surface area contributed by atoms with E-state index >= 15 is 0 Å². The first kappa shape index (κ1) is 14.1. The van der Waals surface area contributed by atoms with Gasteiger partial charge >= 0.3 is 0 Å². The molecule has 118 valence electrons. The molecule has 4 rings (SSSR count). The van der Waals surface area contributed by atoms with Gasteiger partial charge in [0, 0.05) is 25.0 Å². The maximum absolute atomic E-state index is 12.7. The van der Waals surface area contributed by atoms with Gasteiger partial charge in [0.2, 0.25) is 5.72 Å². The largest absolute Gasteiger partial charge is 0.366 e. The van der Waals surface area contributed by atoms with Crippen LogP contribution in [0.25, 0.3) is 0 Å². The average molecular weight is 302 g/mol. The van der Waals surface area contributed by atoms with Crippen LogP contribution in [0, 0.1) is 5.92 Å². The van der Waals surface area contributed by atoms with Gasteiger partial charge in [0.15, 0.2) is 0 Å². The van der Waals surface area contributed by atoms with Gasteiger partial charge in [-0.1, -0.05) is 25.3 Å². The van der Waals surface area contributed by atoms with Crippen LogP contribution in [0.1, 0.15) is 43.7 Å². The molecule has 2 aliphatic heterocycles. The summed E-state index contributed by atoms with van der Waals surface area (Å²) < 4.78 is 0. The van der Waals surface area contributed by atoms with Gasteiger partial charge in [-0.25, -0.2) is 10.9 Å². The fourth-order valence-electron chi connectivity index (χ4n) is 4.17. The molecule has 3 fully saturated rings.